The van der Waals surface area contributed by atoms with Crippen LogP contribution in [0.25, 0.3) is 11.1 Å². The van der Waals surface area contributed by atoms with Gasteiger partial charge in [0.2, 0.25) is 0 Å². The Hall–Kier alpha value is -1.24. The minimum Gasteiger partial charge on any atom is -0.507 e. The Morgan fingerprint density at radius 3 is 2.73 bits per heavy atom. The number of rotatable bonds is 1. The lowest BCUT2D eigenvalue weighted by Crippen LogP contribution is -1.89. The Morgan fingerprint density at radius 1 is 1.47 bits per heavy atom. The molecule has 4 nitrogen and oxygen atoms in total. The molecule has 1 heterocycles. The highest BCUT2D eigenvalue weighted by molar-refractivity contribution is 14.1. The number of phenolic OH excluding ortho intramolecular Hbond substituents is 1. The molecule has 0 spiro atoms. The first-order valence-corrected chi connectivity index (χ1v) is 5.38. The second kappa shape index (κ2) is 3.73. The van der Waals surface area contributed by atoms with E-state index in [-0.39, 0.29) is 5.75 Å². The van der Waals surface area contributed by atoms with Crippen molar-refractivity contribution >= 4 is 28.4 Å². The van der Waals surface area contributed by atoms with E-state index in [0.717, 1.165) is 14.7 Å². The normalized spacial score (nSPS) is 10.5. The number of aryl methyl sites for hydroxylation is 1. The third kappa shape index (κ3) is 1.79. The summed E-state index contributed by atoms with van der Waals surface area (Å²) in [5.74, 6) is 1.30. The van der Waals surface area contributed by atoms with Crippen LogP contribution in [-0.2, 0) is 0 Å². The van der Waals surface area contributed by atoms with Crippen molar-refractivity contribution in [1.82, 2.24) is 5.16 Å². The van der Waals surface area contributed by atoms with E-state index in [1.54, 1.807) is 19.1 Å². The number of phenols is 1. The topological polar surface area (TPSA) is 72.3 Å². The van der Waals surface area contributed by atoms with Crippen molar-refractivity contribution < 1.29 is 9.63 Å². The zero-order valence-corrected chi connectivity index (χ0v) is 10.1. The highest BCUT2D eigenvalue weighted by atomic mass is 127. The first-order valence-electron chi connectivity index (χ1n) is 4.30. The molecule has 1 aromatic heterocycles. The van der Waals surface area contributed by atoms with Crippen LogP contribution in [-0.4, -0.2) is 10.3 Å². The van der Waals surface area contributed by atoms with E-state index in [9.17, 15) is 5.11 Å². The molecule has 3 N–H and O–H groups in total. The maximum Gasteiger partial charge on any atom is 0.175 e. The SMILES string of the molecule is Cc1onc(N)c1-c1ccc(O)c(I)c1. The monoisotopic (exact) mass is 316 g/mol. The highest BCUT2D eigenvalue weighted by Gasteiger charge is 2.13. The molecule has 15 heavy (non-hydrogen) atoms. The molecule has 0 bridgehead atoms. The predicted octanol–water partition coefficient (Wildman–Crippen LogP) is 2.54. The van der Waals surface area contributed by atoms with Crippen LogP contribution in [0.1, 0.15) is 5.76 Å². The maximum absolute atomic E-state index is 9.40. The van der Waals surface area contributed by atoms with Gasteiger partial charge in [-0.2, -0.15) is 0 Å². The summed E-state index contributed by atoms with van der Waals surface area (Å²) in [4.78, 5) is 0. The highest BCUT2D eigenvalue weighted by Crippen LogP contribution is 2.32. The van der Waals surface area contributed by atoms with Gasteiger partial charge in [-0.15, -0.1) is 0 Å². The number of nitrogen functional groups attached to an aromatic ring is 1. The molecule has 2 rings (SSSR count). The fourth-order valence-electron chi connectivity index (χ4n) is 1.40. The van der Waals surface area contributed by atoms with Crippen molar-refractivity contribution in [1.29, 1.82) is 0 Å². The fraction of sp³-hybridized carbons (Fsp3) is 0.100. The third-order valence-electron chi connectivity index (χ3n) is 2.13. The number of hydrogen-bond acceptors (Lipinski definition) is 4. The van der Waals surface area contributed by atoms with Gasteiger partial charge in [-0.1, -0.05) is 11.2 Å². The van der Waals surface area contributed by atoms with Crippen LogP contribution < -0.4 is 5.73 Å². The Kier molecular flexibility index (Phi) is 2.56. The number of benzene rings is 1. The quantitative estimate of drug-likeness (QED) is 0.793. The molecule has 5 heteroatoms. The van der Waals surface area contributed by atoms with E-state index in [0.29, 0.717) is 11.6 Å². The molecule has 0 aliphatic rings. The van der Waals surface area contributed by atoms with Gasteiger partial charge >= 0.3 is 0 Å². The van der Waals surface area contributed by atoms with Crippen molar-refractivity contribution in [2.75, 3.05) is 5.73 Å². The Balaban J connectivity index is 2.59. The average molecular weight is 316 g/mol. The molecule has 0 amide bonds. The van der Waals surface area contributed by atoms with Gasteiger partial charge in [0.1, 0.15) is 11.5 Å². The summed E-state index contributed by atoms with van der Waals surface area (Å²) in [6, 6.07) is 5.25. The van der Waals surface area contributed by atoms with Crippen LogP contribution in [0.5, 0.6) is 5.75 Å². The molecule has 0 fully saturated rings. The molecule has 78 valence electrons. The summed E-state index contributed by atoms with van der Waals surface area (Å²) in [5, 5.41) is 13.1. The standard InChI is InChI=1S/C10H9IN2O2/c1-5-9(10(12)13-15-5)6-2-3-8(14)7(11)4-6/h2-4,14H,1H3,(H2,12,13). The van der Waals surface area contributed by atoms with E-state index in [1.807, 2.05) is 6.07 Å². The van der Waals surface area contributed by atoms with Crippen molar-refractivity contribution in [2.24, 2.45) is 0 Å². The number of anilines is 1. The van der Waals surface area contributed by atoms with E-state index in [2.05, 4.69) is 27.7 Å². The fourth-order valence-corrected chi connectivity index (χ4v) is 1.92. The summed E-state index contributed by atoms with van der Waals surface area (Å²) in [6.45, 7) is 1.80. The van der Waals surface area contributed by atoms with Gasteiger partial charge in [0, 0.05) is 0 Å². The van der Waals surface area contributed by atoms with Crippen molar-refractivity contribution in [3.63, 3.8) is 0 Å². The zero-order chi connectivity index (χ0) is 11.0. The van der Waals surface area contributed by atoms with Gasteiger partial charge < -0.3 is 15.4 Å². The lowest BCUT2D eigenvalue weighted by atomic mass is 10.1. The van der Waals surface area contributed by atoms with E-state index < -0.39 is 0 Å². The smallest absolute Gasteiger partial charge is 0.175 e. The number of hydrogen-bond donors (Lipinski definition) is 2. The molecule has 1 aromatic carbocycles. The van der Waals surface area contributed by atoms with Gasteiger partial charge in [0.25, 0.3) is 0 Å². The summed E-state index contributed by atoms with van der Waals surface area (Å²) in [6.07, 6.45) is 0. The molecule has 0 unspecified atom stereocenters. The Bertz CT molecular complexity index is 489. The van der Waals surface area contributed by atoms with Crippen molar-refractivity contribution in [2.45, 2.75) is 6.92 Å². The van der Waals surface area contributed by atoms with Crippen molar-refractivity contribution in [3.05, 3.63) is 27.5 Å². The Labute approximate surface area is 100 Å². The van der Waals surface area contributed by atoms with Crippen LogP contribution in [0, 0.1) is 10.5 Å². The average Bonchev–Trinajstić information content (AvgIpc) is 2.52. The predicted molar refractivity (Wildman–Crippen MR) is 65.5 cm³/mol. The van der Waals surface area contributed by atoms with Crippen molar-refractivity contribution in [3.8, 4) is 16.9 Å². The lowest BCUT2D eigenvalue weighted by Gasteiger charge is -2.02. The third-order valence-corrected chi connectivity index (χ3v) is 2.99. The van der Waals surface area contributed by atoms with Gasteiger partial charge in [0.15, 0.2) is 5.82 Å². The van der Waals surface area contributed by atoms with Crippen LogP contribution in [0.4, 0.5) is 5.82 Å². The molecule has 0 atom stereocenters. The number of aromatic hydroxyl groups is 1. The van der Waals surface area contributed by atoms with Crippen LogP contribution >= 0.6 is 22.6 Å². The number of aromatic nitrogens is 1. The summed E-state index contributed by atoms with van der Waals surface area (Å²) >= 11 is 2.06. The maximum atomic E-state index is 9.40. The number of nitrogens with two attached hydrogens (primary N) is 1. The summed E-state index contributed by atoms with van der Waals surface area (Å²) in [7, 11) is 0. The first kappa shape index (κ1) is 10.3. The van der Waals surface area contributed by atoms with Gasteiger partial charge in [0.05, 0.1) is 9.13 Å². The number of nitrogens with zero attached hydrogens (tertiary/aromatic N) is 1. The van der Waals surface area contributed by atoms with Crippen LogP contribution in [0.2, 0.25) is 0 Å². The van der Waals surface area contributed by atoms with E-state index in [1.165, 1.54) is 0 Å². The molecule has 0 radical (unpaired) electrons. The largest absolute Gasteiger partial charge is 0.507 e. The van der Waals surface area contributed by atoms with Gasteiger partial charge in [-0.05, 0) is 47.2 Å². The lowest BCUT2D eigenvalue weighted by molar-refractivity contribution is 0.401. The molecule has 0 saturated carbocycles. The summed E-state index contributed by atoms with van der Waals surface area (Å²) in [5.41, 5.74) is 7.37. The first-order chi connectivity index (χ1) is 7.09. The molecule has 0 saturated heterocycles. The van der Waals surface area contributed by atoms with E-state index >= 15 is 0 Å². The van der Waals surface area contributed by atoms with Crippen LogP contribution in [0.15, 0.2) is 22.7 Å². The van der Waals surface area contributed by atoms with Gasteiger partial charge in [-0.25, -0.2) is 0 Å². The van der Waals surface area contributed by atoms with Gasteiger partial charge in [-0.3, -0.25) is 0 Å². The molecule has 0 aliphatic carbocycles. The van der Waals surface area contributed by atoms with E-state index in [4.69, 9.17) is 10.3 Å². The second-order valence-corrected chi connectivity index (χ2v) is 4.33. The molecular weight excluding hydrogens is 307 g/mol. The number of halogens is 1. The second-order valence-electron chi connectivity index (χ2n) is 3.17. The Morgan fingerprint density at radius 2 is 2.20 bits per heavy atom. The van der Waals surface area contributed by atoms with Crippen LogP contribution in [0.3, 0.4) is 0 Å². The molecule has 2 aromatic rings. The minimum atomic E-state index is 0.257. The molecule has 0 aliphatic heterocycles. The molecular formula is C10H9IN2O2. The minimum absolute atomic E-state index is 0.257. The zero-order valence-electron chi connectivity index (χ0n) is 7.99. The summed E-state index contributed by atoms with van der Waals surface area (Å²) < 4.78 is 5.75.